The summed E-state index contributed by atoms with van der Waals surface area (Å²) in [7, 11) is 0. The minimum Gasteiger partial charge on any atom is -0.489 e. The van der Waals surface area contributed by atoms with Crippen LogP contribution in [0.3, 0.4) is 0 Å². The predicted octanol–water partition coefficient (Wildman–Crippen LogP) is 3.60. The van der Waals surface area contributed by atoms with E-state index in [1.807, 2.05) is 31.2 Å². The molecular weight excluding hydrogens is 404 g/mol. The van der Waals surface area contributed by atoms with Gasteiger partial charge in [0.05, 0.1) is 11.4 Å². The van der Waals surface area contributed by atoms with E-state index in [1.165, 1.54) is 0 Å². The van der Waals surface area contributed by atoms with Crippen LogP contribution in [0.2, 0.25) is 0 Å². The van der Waals surface area contributed by atoms with Crippen LogP contribution in [0.4, 0.5) is 11.4 Å². The van der Waals surface area contributed by atoms with Crippen LogP contribution in [0.15, 0.2) is 76.7 Å². The minimum absolute atomic E-state index is 0. The third kappa shape index (κ3) is 7.56. The zero-order valence-corrected chi connectivity index (χ0v) is 17.3. The largest absolute Gasteiger partial charge is 0.489 e. The molecule has 168 valence electrons. The van der Waals surface area contributed by atoms with Gasteiger partial charge in [0.15, 0.2) is 11.9 Å². The number of nitrogens with two attached hydrogens (primary N) is 4. The number of hydrogen-bond donors (Lipinski definition) is 4. The number of rotatable bonds is 8. The fourth-order valence-electron chi connectivity index (χ4n) is 2.98. The summed E-state index contributed by atoms with van der Waals surface area (Å²) in [4.78, 5) is 7.98. The smallest absolute Gasteiger partial charge is 0.191 e. The van der Waals surface area contributed by atoms with E-state index < -0.39 is 0 Å². The van der Waals surface area contributed by atoms with Crippen molar-refractivity contribution in [1.29, 1.82) is 0 Å². The van der Waals surface area contributed by atoms with Crippen LogP contribution in [0.1, 0.15) is 24.1 Å². The number of nitrogens with zero attached hydrogens (tertiary/aromatic N) is 2. The second kappa shape index (κ2) is 11.3. The second-order valence-electron chi connectivity index (χ2n) is 6.97. The number of hydrogen-bond acceptors (Lipinski definition) is 4. The summed E-state index contributed by atoms with van der Waals surface area (Å²) in [6.07, 6.45) is 0. The van der Waals surface area contributed by atoms with E-state index >= 15 is 0 Å². The van der Waals surface area contributed by atoms with Gasteiger partial charge in [-0.25, -0.2) is 9.98 Å². The van der Waals surface area contributed by atoms with Crippen LogP contribution in [0.5, 0.6) is 11.5 Å². The van der Waals surface area contributed by atoms with Crippen molar-refractivity contribution in [2.45, 2.75) is 27.6 Å². The molecule has 3 aromatic carbocycles. The maximum Gasteiger partial charge on any atom is 0.191 e. The molecule has 0 amide bonds. The van der Waals surface area contributed by atoms with E-state index in [4.69, 9.17) is 32.4 Å². The molecule has 0 radical (unpaired) electrons. The molecule has 0 fully saturated rings. The Hall–Kier alpha value is -4.20. The first kappa shape index (κ1) is 24.1. The average Bonchev–Trinajstić information content (AvgIpc) is 2.72. The fourth-order valence-corrected chi connectivity index (χ4v) is 2.98. The maximum atomic E-state index is 5.88. The van der Waals surface area contributed by atoms with E-state index in [9.17, 15) is 0 Å². The molecule has 0 heterocycles. The van der Waals surface area contributed by atoms with Crippen molar-refractivity contribution >= 4 is 23.3 Å². The Balaban J connectivity index is 0.00000363. The monoisotopic (exact) mass is 434 g/mol. The van der Waals surface area contributed by atoms with Gasteiger partial charge in [-0.05, 0) is 72.6 Å². The van der Waals surface area contributed by atoms with Crippen molar-refractivity contribution in [3.63, 3.8) is 0 Å². The molecule has 0 saturated carbocycles. The van der Waals surface area contributed by atoms with Gasteiger partial charge in [0.1, 0.15) is 24.7 Å². The summed E-state index contributed by atoms with van der Waals surface area (Å²) >= 11 is 0. The fraction of sp³-hybridized carbons (Fsp3) is 0.167. The molecule has 0 atom stereocenters. The predicted molar refractivity (Wildman–Crippen MR) is 130 cm³/mol. The summed E-state index contributed by atoms with van der Waals surface area (Å²) in [6.45, 7) is 2.91. The molecule has 0 saturated heterocycles. The Bertz CT molecular complexity index is 985. The highest BCUT2D eigenvalue weighted by molar-refractivity contribution is 5.79. The van der Waals surface area contributed by atoms with Crippen LogP contribution in [-0.2, 0) is 13.2 Å². The molecule has 8 nitrogen and oxygen atoms in total. The van der Waals surface area contributed by atoms with Gasteiger partial charge in [-0.2, -0.15) is 0 Å². The molecule has 8 N–H and O–H groups in total. The first-order valence-corrected chi connectivity index (χ1v) is 9.62. The van der Waals surface area contributed by atoms with Crippen LogP contribution >= 0.6 is 0 Å². The lowest BCUT2D eigenvalue weighted by Gasteiger charge is -2.11. The minimum atomic E-state index is 0. The van der Waals surface area contributed by atoms with E-state index in [1.54, 1.807) is 24.3 Å². The quantitative estimate of drug-likeness (QED) is 0.314. The number of guanidine groups is 2. The van der Waals surface area contributed by atoms with Gasteiger partial charge >= 0.3 is 0 Å². The SMILES string of the molecule is C.Cc1cc(COc2ccc(N=C(N)N)cc2)cc(COc2ccc(N=C(N)N)cc2)c1. The highest BCUT2D eigenvalue weighted by atomic mass is 16.5. The summed E-state index contributed by atoms with van der Waals surface area (Å²) in [5, 5.41) is 0. The number of aryl methyl sites for hydroxylation is 1. The van der Waals surface area contributed by atoms with Crippen molar-refractivity contribution in [3.8, 4) is 11.5 Å². The van der Waals surface area contributed by atoms with Crippen molar-refractivity contribution in [1.82, 2.24) is 0 Å². The lowest BCUT2D eigenvalue weighted by molar-refractivity contribution is 0.299. The first-order chi connectivity index (χ1) is 14.9. The molecule has 0 aliphatic heterocycles. The molecule has 0 aliphatic carbocycles. The van der Waals surface area contributed by atoms with Crippen LogP contribution in [0, 0.1) is 6.92 Å². The van der Waals surface area contributed by atoms with Gasteiger partial charge in [0, 0.05) is 0 Å². The first-order valence-electron chi connectivity index (χ1n) is 9.62. The Labute approximate surface area is 188 Å². The summed E-state index contributed by atoms with van der Waals surface area (Å²) in [5.41, 5.74) is 26.1. The summed E-state index contributed by atoms with van der Waals surface area (Å²) in [5.74, 6) is 1.50. The molecule has 8 heteroatoms. The van der Waals surface area contributed by atoms with E-state index in [0.717, 1.165) is 28.2 Å². The highest BCUT2D eigenvalue weighted by Gasteiger charge is 2.03. The molecule has 0 aliphatic rings. The van der Waals surface area contributed by atoms with E-state index in [0.29, 0.717) is 24.6 Å². The molecule has 3 aromatic rings. The Kier molecular flexibility index (Phi) is 8.47. The van der Waals surface area contributed by atoms with Gasteiger partial charge in [-0.15, -0.1) is 0 Å². The van der Waals surface area contributed by atoms with Gasteiger partial charge < -0.3 is 32.4 Å². The van der Waals surface area contributed by atoms with Gasteiger partial charge in [0.2, 0.25) is 0 Å². The normalized spacial score (nSPS) is 9.91. The maximum absolute atomic E-state index is 5.88. The van der Waals surface area contributed by atoms with Crippen molar-refractivity contribution in [2.24, 2.45) is 32.9 Å². The summed E-state index contributed by atoms with van der Waals surface area (Å²) in [6, 6.07) is 20.7. The third-order valence-electron chi connectivity index (χ3n) is 4.20. The zero-order chi connectivity index (χ0) is 22.2. The highest BCUT2D eigenvalue weighted by Crippen LogP contribution is 2.21. The lowest BCUT2D eigenvalue weighted by Crippen LogP contribution is -2.21. The Morgan fingerprint density at radius 2 is 1.03 bits per heavy atom. The van der Waals surface area contributed by atoms with E-state index in [-0.39, 0.29) is 19.3 Å². The molecular formula is C24H30N6O2. The molecule has 32 heavy (non-hydrogen) atoms. The number of aliphatic imine (C=N–C) groups is 2. The molecule has 0 bridgehead atoms. The number of benzene rings is 3. The standard InChI is InChI=1S/C23H26N6O2.CH4/c1-15-10-16(13-30-20-6-2-18(3-7-20)28-22(24)25)12-17(11-15)14-31-21-8-4-19(5-9-21)29-23(26)27;/h2-12H,13-14H2,1H3,(H4,24,25,28)(H4,26,27,29);1H4. The van der Waals surface area contributed by atoms with Crippen molar-refractivity contribution in [2.75, 3.05) is 0 Å². The average molecular weight is 435 g/mol. The van der Waals surface area contributed by atoms with Gasteiger partial charge in [0.25, 0.3) is 0 Å². The molecule has 0 spiro atoms. The zero-order valence-electron chi connectivity index (χ0n) is 17.3. The second-order valence-corrected chi connectivity index (χ2v) is 6.97. The van der Waals surface area contributed by atoms with Crippen molar-refractivity contribution in [3.05, 3.63) is 83.4 Å². The van der Waals surface area contributed by atoms with Crippen LogP contribution in [0.25, 0.3) is 0 Å². The van der Waals surface area contributed by atoms with Crippen LogP contribution in [-0.4, -0.2) is 11.9 Å². The topological polar surface area (TPSA) is 147 Å². The van der Waals surface area contributed by atoms with Gasteiger partial charge in [-0.1, -0.05) is 25.1 Å². The lowest BCUT2D eigenvalue weighted by atomic mass is 10.1. The Morgan fingerprint density at radius 1 is 0.656 bits per heavy atom. The van der Waals surface area contributed by atoms with Gasteiger partial charge in [-0.3, -0.25) is 0 Å². The number of ether oxygens (including phenoxy) is 2. The van der Waals surface area contributed by atoms with E-state index in [2.05, 4.69) is 28.2 Å². The van der Waals surface area contributed by atoms with Crippen molar-refractivity contribution < 1.29 is 9.47 Å². The Morgan fingerprint density at radius 3 is 1.38 bits per heavy atom. The third-order valence-corrected chi connectivity index (χ3v) is 4.20. The van der Waals surface area contributed by atoms with Crippen LogP contribution < -0.4 is 32.4 Å². The molecule has 3 rings (SSSR count). The molecule has 0 aromatic heterocycles. The summed E-state index contributed by atoms with van der Waals surface area (Å²) < 4.78 is 11.8. The molecule has 0 unspecified atom stereocenters.